The molecule has 0 spiro atoms. The fourth-order valence-electron chi connectivity index (χ4n) is 1.22. The normalized spacial score (nSPS) is 12.2. The van der Waals surface area contributed by atoms with E-state index in [1.54, 1.807) is 6.92 Å². The summed E-state index contributed by atoms with van der Waals surface area (Å²) in [6, 6.07) is 2.89. The largest absolute Gasteiger partial charge is 0.411 e. The van der Waals surface area contributed by atoms with E-state index in [9.17, 15) is 8.42 Å². The molecule has 15 heavy (non-hydrogen) atoms. The van der Waals surface area contributed by atoms with Gasteiger partial charge in [0.2, 0.25) is 0 Å². The predicted octanol–water partition coefficient (Wildman–Crippen LogP) is 1.86. The van der Waals surface area contributed by atoms with Crippen molar-refractivity contribution < 1.29 is 13.6 Å². The SMILES string of the molecule is Cc1c(Cl)ccc(S(C)(=O)=O)c1C=NO. The summed E-state index contributed by atoms with van der Waals surface area (Å²) in [6.07, 6.45) is 2.15. The van der Waals surface area contributed by atoms with E-state index in [4.69, 9.17) is 16.8 Å². The molecule has 1 aromatic rings. The molecule has 0 radical (unpaired) electrons. The van der Waals surface area contributed by atoms with Crippen molar-refractivity contribution in [3.05, 3.63) is 28.3 Å². The Balaban J connectivity index is 3.62. The van der Waals surface area contributed by atoms with Gasteiger partial charge in [-0.25, -0.2) is 8.42 Å². The van der Waals surface area contributed by atoms with Crippen molar-refractivity contribution in [3.8, 4) is 0 Å². The standard InChI is InChI=1S/C9H10ClNO3S/c1-6-7(5-11-12)9(15(2,13)14)4-3-8(6)10/h3-5,12H,1-2H3. The quantitative estimate of drug-likeness (QED) is 0.493. The van der Waals surface area contributed by atoms with Gasteiger partial charge in [-0.15, -0.1) is 0 Å². The Morgan fingerprint density at radius 2 is 2.07 bits per heavy atom. The number of oxime groups is 1. The molecule has 0 saturated carbocycles. The maximum atomic E-state index is 11.4. The molecule has 4 nitrogen and oxygen atoms in total. The van der Waals surface area contributed by atoms with Gasteiger partial charge in [0, 0.05) is 16.8 Å². The van der Waals surface area contributed by atoms with E-state index in [2.05, 4.69) is 5.16 Å². The van der Waals surface area contributed by atoms with Crippen LogP contribution in [0.5, 0.6) is 0 Å². The van der Waals surface area contributed by atoms with E-state index in [0.29, 0.717) is 16.1 Å². The molecule has 0 aliphatic carbocycles. The molecule has 1 aromatic carbocycles. The second kappa shape index (κ2) is 4.20. The van der Waals surface area contributed by atoms with Crippen molar-refractivity contribution in [1.82, 2.24) is 0 Å². The van der Waals surface area contributed by atoms with Crippen molar-refractivity contribution in [2.45, 2.75) is 11.8 Å². The van der Waals surface area contributed by atoms with Crippen LogP contribution in [0.3, 0.4) is 0 Å². The van der Waals surface area contributed by atoms with E-state index in [1.807, 2.05) is 0 Å². The molecule has 6 heteroatoms. The van der Waals surface area contributed by atoms with Gasteiger partial charge in [0.25, 0.3) is 0 Å². The lowest BCUT2D eigenvalue weighted by molar-refractivity contribution is 0.321. The molecule has 0 aliphatic heterocycles. The Bertz CT molecular complexity index is 508. The topological polar surface area (TPSA) is 66.7 Å². The van der Waals surface area contributed by atoms with Crippen molar-refractivity contribution >= 4 is 27.7 Å². The number of nitrogens with zero attached hydrogens (tertiary/aromatic N) is 1. The maximum absolute atomic E-state index is 11.4. The Morgan fingerprint density at radius 3 is 2.53 bits per heavy atom. The zero-order valence-electron chi connectivity index (χ0n) is 8.23. The molecule has 0 amide bonds. The average Bonchev–Trinajstić information content (AvgIpc) is 2.11. The zero-order chi connectivity index (χ0) is 11.6. The summed E-state index contributed by atoms with van der Waals surface area (Å²) >= 11 is 5.83. The number of hydrogen-bond acceptors (Lipinski definition) is 4. The Labute approximate surface area is 93.1 Å². The summed E-state index contributed by atoms with van der Waals surface area (Å²) in [6.45, 7) is 1.66. The molecule has 0 atom stereocenters. The third-order valence-electron chi connectivity index (χ3n) is 2.00. The lowest BCUT2D eigenvalue weighted by Gasteiger charge is -2.07. The van der Waals surface area contributed by atoms with Crippen LogP contribution in [0.4, 0.5) is 0 Å². The highest BCUT2D eigenvalue weighted by Crippen LogP contribution is 2.24. The highest BCUT2D eigenvalue weighted by atomic mass is 35.5. The van der Waals surface area contributed by atoms with E-state index in [0.717, 1.165) is 12.5 Å². The van der Waals surface area contributed by atoms with Crippen molar-refractivity contribution in [3.63, 3.8) is 0 Å². The van der Waals surface area contributed by atoms with Crippen LogP contribution in [0.2, 0.25) is 5.02 Å². The van der Waals surface area contributed by atoms with Crippen LogP contribution in [0.1, 0.15) is 11.1 Å². The van der Waals surface area contributed by atoms with Gasteiger partial charge < -0.3 is 5.21 Å². The lowest BCUT2D eigenvalue weighted by atomic mass is 10.1. The van der Waals surface area contributed by atoms with Gasteiger partial charge in [0.05, 0.1) is 11.1 Å². The lowest BCUT2D eigenvalue weighted by Crippen LogP contribution is -2.04. The summed E-state index contributed by atoms with van der Waals surface area (Å²) in [5.74, 6) is 0. The summed E-state index contributed by atoms with van der Waals surface area (Å²) in [5, 5.41) is 11.7. The van der Waals surface area contributed by atoms with Gasteiger partial charge in [-0.3, -0.25) is 0 Å². The van der Waals surface area contributed by atoms with Gasteiger partial charge in [-0.2, -0.15) is 0 Å². The highest BCUT2D eigenvalue weighted by Gasteiger charge is 2.15. The first kappa shape index (κ1) is 12.0. The van der Waals surface area contributed by atoms with E-state index >= 15 is 0 Å². The summed E-state index contributed by atoms with van der Waals surface area (Å²) in [5.41, 5.74) is 0.880. The van der Waals surface area contributed by atoms with Crippen molar-refractivity contribution in [2.75, 3.05) is 6.26 Å². The average molecular weight is 248 g/mol. The van der Waals surface area contributed by atoms with E-state index < -0.39 is 9.84 Å². The molecule has 1 rings (SSSR count). The Morgan fingerprint density at radius 1 is 1.47 bits per heavy atom. The van der Waals surface area contributed by atoms with Crippen molar-refractivity contribution in [2.24, 2.45) is 5.16 Å². The molecular weight excluding hydrogens is 238 g/mol. The van der Waals surface area contributed by atoms with Gasteiger partial charge >= 0.3 is 0 Å². The van der Waals surface area contributed by atoms with Gasteiger partial charge in [-0.1, -0.05) is 16.8 Å². The number of rotatable bonds is 2. The molecule has 0 saturated heterocycles. The third kappa shape index (κ3) is 2.49. The van der Waals surface area contributed by atoms with Crippen LogP contribution in [0, 0.1) is 6.92 Å². The van der Waals surface area contributed by atoms with Crippen LogP contribution in [0.25, 0.3) is 0 Å². The second-order valence-electron chi connectivity index (χ2n) is 3.10. The van der Waals surface area contributed by atoms with Gasteiger partial charge in [0.1, 0.15) is 0 Å². The Kier molecular flexibility index (Phi) is 3.36. The molecular formula is C9H10ClNO3S. The maximum Gasteiger partial charge on any atom is 0.176 e. The Hall–Kier alpha value is -1.07. The highest BCUT2D eigenvalue weighted by molar-refractivity contribution is 7.90. The number of sulfone groups is 1. The monoisotopic (exact) mass is 247 g/mol. The predicted molar refractivity (Wildman–Crippen MR) is 58.7 cm³/mol. The molecule has 0 fully saturated rings. The minimum atomic E-state index is -3.36. The van der Waals surface area contributed by atoms with Crippen LogP contribution >= 0.6 is 11.6 Å². The summed E-state index contributed by atoms with van der Waals surface area (Å²) in [4.78, 5) is 0.0993. The molecule has 0 unspecified atom stereocenters. The van der Waals surface area contributed by atoms with Gasteiger partial charge in [0.15, 0.2) is 9.84 Å². The minimum Gasteiger partial charge on any atom is -0.411 e. The van der Waals surface area contributed by atoms with Crippen molar-refractivity contribution in [1.29, 1.82) is 0 Å². The van der Waals surface area contributed by atoms with Gasteiger partial charge in [-0.05, 0) is 24.6 Å². The fourth-order valence-corrected chi connectivity index (χ4v) is 2.30. The van der Waals surface area contributed by atoms with E-state index in [1.165, 1.54) is 12.1 Å². The molecule has 0 aromatic heterocycles. The third-order valence-corrected chi connectivity index (χ3v) is 3.56. The first-order valence-corrected chi connectivity index (χ1v) is 6.31. The summed E-state index contributed by atoms with van der Waals surface area (Å²) < 4.78 is 22.8. The molecule has 0 aliphatic rings. The first-order valence-electron chi connectivity index (χ1n) is 4.04. The van der Waals surface area contributed by atoms with Crippen LogP contribution in [0.15, 0.2) is 22.2 Å². The zero-order valence-corrected chi connectivity index (χ0v) is 9.80. The number of hydrogen-bond donors (Lipinski definition) is 1. The van der Waals surface area contributed by atoms with E-state index in [-0.39, 0.29) is 4.90 Å². The molecule has 0 heterocycles. The molecule has 82 valence electrons. The molecule has 1 N–H and O–H groups in total. The second-order valence-corrected chi connectivity index (χ2v) is 5.49. The smallest absolute Gasteiger partial charge is 0.176 e. The first-order chi connectivity index (χ1) is 6.88. The fraction of sp³-hybridized carbons (Fsp3) is 0.222. The molecule has 0 bridgehead atoms. The van der Waals surface area contributed by atoms with Crippen LogP contribution in [-0.4, -0.2) is 26.1 Å². The minimum absolute atomic E-state index is 0.0993. The van der Waals surface area contributed by atoms with Crippen LogP contribution < -0.4 is 0 Å². The van der Waals surface area contributed by atoms with Crippen LogP contribution in [-0.2, 0) is 9.84 Å². The number of benzene rings is 1. The number of halogens is 1. The summed E-state index contributed by atoms with van der Waals surface area (Å²) in [7, 11) is -3.36.